The van der Waals surface area contributed by atoms with Crippen molar-refractivity contribution in [1.82, 2.24) is 5.32 Å². The predicted octanol–water partition coefficient (Wildman–Crippen LogP) is 4.21. The molecule has 0 saturated heterocycles. The maximum atomic E-state index is 9.14. The molecule has 0 heterocycles. The molecule has 4 heteroatoms. The molecule has 0 aliphatic heterocycles. The van der Waals surface area contributed by atoms with Gasteiger partial charge in [-0.1, -0.05) is 22.9 Å². The minimum atomic E-state index is -0.380. The maximum Gasteiger partial charge on any atom is 0.103 e. The van der Waals surface area contributed by atoms with Gasteiger partial charge in [-0.25, -0.2) is 0 Å². The lowest BCUT2D eigenvalue weighted by atomic mass is 9.98. The van der Waals surface area contributed by atoms with E-state index in [0.29, 0.717) is 0 Å². The van der Waals surface area contributed by atoms with E-state index >= 15 is 0 Å². The van der Waals surface area contributed by atoms with E-state index in [9.17, 15) is 0 Å². The number of hydrogen-bond donors (Lipinski definition) is 1. The molecule has 0 bridgehead atoms. The molecule has 98 valence electrons. The SMILES string of the molecule is CCNC(C)(C#N)CCCSc1ccc(Br)cc1. The van der Waals surface area contributed by atoms with Gasteiger partial charge in [-0.05, 0) is 56.3 Å². The summed E-state index contributed by atoms with van der Waals surface area (Å²) in [4.78, 5) is 1.28. The van der Waals surface area contributed by atoms with Gasteiger partial charge in [0.15, 0.2) is 0 Å². The second-order valence-corrected chi connectivity index (χ2v) is 6.46. The smallest absolute Gasteiger partial charge is 0.103 e. The molecule has 0 amide bonds. The minimum Gasteiger partial charge on any atom is -0.300 e. The number of rotatable bonds is 7. The monoisotopic (exact) mass is 326 g/mol. The van der Waals surface area contributed by atoms with Crippen molar-refractivity contribution in [3.63, 3.8) is 0 Å². The Morgan fingerprint density at radius 1 is 1.39 bits per heavy atom. The van der Waals surface area contributed by atoms with Crippen molar-refractivity contribution >= 4 is 27.7 Å². The molecule has 0 saturated carbocycles. The molecule has 1 N–H and O–H groups in total. The van der Waals surface area contributed by atoms with Crippen LogP contribution in [0.15, 0.2) is 33.6 Å². The van der Waals surface area contributed by atoms with Gasteiger partial charge in [0.05, 0.1) is 6.07 Å². The molecule has 0 spiro atoms. The Hall–Kier alpha value is -0.500. The molecular weight excluding hydrogens is 308 g/mol. The molecule has 0 aliphatic carbocycles. The van der Waals surface area contributed by atoms with E-state index in [1.165, 1.54) is 4.90 Å². The van der Waals surface area contributed by atoms with E-state index in [2.05, 4.69) is 51.6 Å². The summed E-state index contributed by atoms with van der Waals surface area (Å²) >= 11 is 5.27. The highest BCUT2D eigenvalue weighted by molar-refractivity contribution is 9.10. The summed E-state index contributed by atoms with van der Waals surface area (Å²) in [5, 5.41) is 12.4. The third kappa shape index (κ3) is 5.43. The summed E-state index contributed by atoms with van der Waals surface area (Å²) in [6, 6.07) is 10.7. The lowest BCUT2D eigenvalue weighted by Crippen LogP contribution is -2.40. The predicted molar refractivity (Wildman–Crippen MR) is 81.8 cm³/mol. The second-order valence-electron chi connectivity index (χ2n) is 4.38. The topological polar surface area (TPSA) is 35.8 Å². The van der Waals surface area contributed by atoms with Crippen LogP contribution in [0.4, 0.5) is 0 Å². The molecule has 18 heavy (non-hydrogen) atoms. The van der Waals surface area contributed by atoms with Crippen LogP contribution in [0.2, 0.25) is 0 Å². The van der Waals surface area contributed by atoms with Crippen molar-refractivity contribution in [2.24, 2.45) is 0 Å². The van der Waals surface area contributed by atoms with Crippen LogP contribution in [0.5, 0.6) is 0 Å². The van der Waals surface area contributed by atoms with Crippen molar-refractivity contribution < 1.29 is 0 Å². The highest BCUT2D eigenvalue weighted by atomic mass is 79.9. The van der Waals surface area contributed by atoms with Crippen LogP contribution in [0.3, 0.4) is 0 Å². The average Bonchev–Trinajstić information content (AvgIpc) is 2.37. The van der Waals surface area contributed by atoms with Crippen LogP contribution >= 0.6 is 27.7 Å². The molecule has 0 aliphatic rings. The lowest BCUT2D eigenvalue weighted by Gasteiger charge is -2.22. The highest BCUT2D eigenvalue weighted by Gasteiger charge is 2.21. The Morgan fingerprint density at radius 2 is 2.06 bits per heavy atom. The van der Waals surface area contributed by atoms with E-state index in [0.717, 1.165) is 29.6 Å². The summed E-state index contributed by atoms with van der Waals surface area (Å²) in [5.74, 6) is 1.05. The highest BCUT2D eigenvalue weighted by Crippen LogP contribution is 2.23. The van der Waals surface area contributed by atoms with E-state index in [1.54, 1.807) is 0 Å². The molecule has 0 fully saturated rings. The van der Waals surface area contributed by atoms with E-state index in [-0.39, 0.29) is 5.54 Å². The maximum absolute atomic E-state index is 9.14. The Morgan fingerprint density at radius 3 is 2.61 bits per heavy atom. The molecule has 0 aromatic heterocycles. The fraction of sp³-hybridized carbons (Fsp3) is 0.500. The number of nitrogens with one attached hydrogen (secondary N) is 1. The molecule has 2 nitrogen and oxygen atoms in total. The first-order chi connectivity index (χ1) is 8.59. The molecule has 1 rings (SSSR count). The number of thioether (sulfide) groups is 1. The number of benzene rings is 1. The molecule has 0 radical (unpaired) electrons. The van der Waals surface area contributed by atoms with Gasteiger partial charge in [-0.3, -0.25) is 5.32 Å². The zero-order valence-electron chi connectivity index (χ0n) is 10.9. The van der Waals surface area contributed by atoms with Gasteiger partial charge in [0, 0.05) is 9.37 Å². The van der Waals surface area contributed by atoms with Gasteiger partial charge in [0.2, 0.25) is 0 Å². The van der Waals surface area contributed by atoms with Crippen LogP contribution in [-0.4, -0.2) is 17.8 Å². The van der Waals surface area contributed by atoms with E-state index in [4.69, 9.17) is 5.26 Å². The largest absolute Gasteiger partial charge is 0.300 e. The first-order valence-corrected chi connectivity index (χ1v) is 7.92. The Kier molecular flexibility index (Phi) is 6.77. The minimum absolute atomic E-state index is 0.380. The molecular formula is C14H19BrN2S. The average molecular weight is 327 g/mol. The fourth-order valence-electron chi connectivity index (χ4n) is 1.72. The zero-order valence-corrected chi connectivity index (χ0v) is 13.3. The molecule has 1 aromatic carbocycles. The van der Waals surface area contributed by atoms with E-state index < -0.39 is 0 Å². The Labute approximate surface area is 122 Å². The first kappa shape index (κ1) is 15.6. The van der Waals surface area contributed by atoms with Gasteiger partial charge < -0.3 is 0 Å². The van der Waals surface area contributed by atoms with Crippen LogP contribution in [0.1, 0.15) is 26.7 Å². The quantitative estimate of drug-likeness (QED) is 0.602. The standard InChI is InChI=1S/C14H19BrN2S/c1-3-17-14(2,11-16)9-4-10-18-13-7-5-12(15)6-8-13/h5-8,17H,3-4,9-10H2,1-2H3. The summed E-state index contributed by atoms with van der Waals surface area (Å²) in [6.45, 7) is 4.84. The van der Waals surface area contributed by atoms with Crippen LogP contribution < -0.4 is 5.32 Å². The lowest BCUT2D eigenvalue weighted by molar-refractivity contribution is 0.426. The zero-order chi connectivity index (χ0) is 13.4. The van der Waals surface area contributed by atoms with Crippen LogP contribution in [0.25, 0.3) is 0 Å². The van der Waals surface area contributed by atoms with Gasteiger partial charge >= 0.3 is 0 Å². The Bertz CT molecular complexity index is 399. The number of hydrogen-bond acceptors (Lipinski definition) is 3. The van der Waals surface area contributed by atoms with Gasteiger partial charge in [0.25, 0.3) is 0 Å². The number of halogens is 1. The normalized spacial score (nSPS) is 13.9. The number of nitriles is 1. The van der Waals surface area contributed by atoms with Crippen molar-refractivity contribution in [3.8, 4) is 6.07 Å². The second kappa shape index (κ2) is 7.83. The van der Waals surface area contributed by atoms with Crippen LogP contribution in [0, 0.1) is 11.3 Å². The summed E-state index contributed by atoms with van der Waals surface area (Å²) in [6.07, 6.45) is 1.93. The Balaban J connectivity index is 2.30. The number of nitrogens with zero attached hydrogens (tertiary/aromatic N) is 1. The van der Waals surface area contributed by atoms with E-state index in [1.807, 2.05) is 25.6 Å². The third-order valence-electron chi connectivity index (χ3n) is 2.72. The summed E-state index contributed by atoms with van der Waals surface area (Å²) in [5.41, 5.74) is -0.380. The molecule has 1 unspecified atom stereocenters. The first-order valence-electron chi connectivity index (χ1n) is 6.14. The van der Waals surface area contributed by atoms with Crippen molar-refractivity contribution in [2.75, 3.05) is 12.3 Å². The van der Waals surface area contributed by atoms with Crippen molar-refractivity contribution in [3.05, 3.63) is 28.7 Å². The summed E-state index contributed by atoms with van der Waals surface area (Å²) < 4.78 is 1.11. The van der Waals surface area contributed by atoms with Crippen molar-refractivity contribution in [2.45, 2.75) is 37.1 Å². The third-order valence-corrected chi connectivity index (χ3v) is 4.34. The fourth-order valence-corrected chi connectivity index (χ4v) is 2.84. The van der Waals surface area contributed by atoms with Crippen molar-refractivity contribution in [1.29, 1.82) is 5.26 Å². The molecule has 1 aromatic rings. The van der Waals surface area contributed by atoms with Gasteiger partial charge in [-0.15, -0.1) is 11.8 Å². The van der Waals surface area contributed by atoms with Crippen LogP contribution in [-0.2, 0) is 0 Å². The molecule has 1 atom stereocenters. The van der Waals surface area contributed by atoms with Gasteiger partial charge in [-0.2, -0.15) is 5.26 Å². The van der Waals surface area contributed by atoms with Gasteiger partial charge in [0.1, 0.15) is 5.54 Å². The summed E-state index contributed by atoms with van der Waals surface area (Å²) in [7, 11) is 0.